The van der Waals surface area contributed by atoms with Crippen molar-refractivity contribution in [1.29, 1.82) is 0 Å². The summed E-state index contributed by atoms with van der Waals surface area (Å²) in [6, 6.07) is 17.0. The lowest BCUT2D eigenvalue weighted by Gasteiger charge is -2.28. The summed E-state index contributed by atoms with van der Waals surface area (Å²) in [6.45, 7) is 8.13. The number of aryl methyl sites for hydroxylation is 2. The lowest BCUT2D eigenvalue weighted by molar-refractivity contribution is 0.122. The number of anilines is 1. The first kappa shape index (κ1) is 21.2. The van der Waals surface area contributed by atoms with Gasteiger partial charge in [0.1, 0.15) is 5.82 Å². The zero-order valence-electron chi connectivity index (χ0n) is 18.5. The number of nitrogens with zero attached hydrogens (tertiary/aromatic N) is 4. The smallest absolute Gasteiger partial charge is 0.191 e. The van der Waals surface area contributed by atoms with Crippen molar-refractivity contribution in [3.63, 3.8) is 0 Å². The zero-order chi connectivity index (χ0) is 21.5. The third kappa shape index (κ3) is 5.35. The van der Waals surface area contributed by atoms with Gasteiger partial charge in [-0.05, 0) is 43.2 Å². The van der Waals surface area contributed by atoms with E-state index in [1.807, 2.05) is 13.1 Å². The van der Waals surface area contributed by atoms with Crippen LogP contribution in [0.5, 0.6) is 0 Å². The number of nitrogens with one attached hydrogen (secondary N) is 2. The second-order valence-electron chi connectivity index (χ2n) is 7.77. The van der Waals surface area contributed by atoms with Crippen molar-refractivity contribution >= 4 is 22.7 Å². The van der Waals surface area contributed by atoms with E-state index in [1.54, 1.807) is 0 Å². The first-order valence-electron chi connectivity index (χ1n) is 11.0. The number of guanidine groups is 1. The van der Waals surface area contributed by atoms with Crippen LogP contribution >= 0.6 is 0 Å². The number of morpholine rings is 1. The molecule has 1 aliphatic rings. The second kappa shape index (κ2) is 10.3. The lowest BCUT2D eigenvalue weighted by Crippen LogP contribution is -2.37. The third-order valence-electron chi connectivity index (χ3n) is 5.69. The number of aromatic nitrogens is 2. The highest BCUT2D eigenvalue weighted by Crippen LogP contribution is 2.17. The van der Waals surface area contributed by atoms with Crippen molar-refractivity contribution in [3.8, 4) is 0 Å². The van der Waals surface area contributed by atoms with Crippen molar-refractivity contribution in [3.05, 3.63) is 59.9 Å². The fourth-order valence-corrected chi connectivity index (χ4v) is 3.97. The fraction of sp³-hybridized carbons (Fsp3) is 0.417. The Morgan fingerprint density at radius 1 is 1.06 bits per heavy atom. The summed E-state index contributed by atoms with van der Waals surface area (Å²) < 4.78 is 7.71. The molecular weight excluding hydrogens is 388 g/mol. The first-order valence-corrected chi connectivity index (χ1v) is 11.0. The third-order valence-corrected chi connectivity index (χ3v) is 5.69. The number of hydrogen-bond acceptors (Lipinski definition) is 4. The fourth-order valence-electron chi connectivity index (χ4n) is 3.97. The second-order valence-corrected chi connectivity index (χ2v) is 7.77. The van der Waals surface area contributed by atoms with E-state index in [-0.39, 0.29) is 0 Å². The number of ether oxygens (including phenoxy) is 1. The van der Waals surface area contributed by atoms with Crippen molar-refractivity contribution in [1.82, 2.24) is 20.2 Å². The van der Waals surface area contributed by atoms with Crippen LogP contribution in [-0.2, 0) is 17.8 Å². The standard InChI is InChI=1S/C24H32N6O/c1-19-28-22-6-3-4-7-23(22)30(19)13-5-12-26-24(25-2)27-18-20-8-10-21(11-9-20)29-14-16-31-17-15-29/h3-4,6-11H,5,12-18H2,1-2H3,(H2,25,26,27). The number of para-hydroxylation sites is 2. The Labute approximate surface area is 184 Å². The summed E-state index contributed by atoms with van der Waals surface area (Å²) in [6.07, 6.45) is 0.996. The maximum Gasteiger partial charge on any atom is 0.191 e. The molecule has 7 heteroatoms. The highest BCUT2D eigenvalue weighted by atomic mass is 16.5. The molecule has 0 amide bonds. The van der Waals surface area contributed by atoms with E-state index in [2.05, 4.69) is 79.5 Å². The van der Waals surface area contributed by atoms with Crippen LogP contribution in [0.2, 0.25) is 0 Å². The average molecular weight is 421 g/mol. The van der Waals surface area contributed by atoms with Crippen LogP contribution in [0.3, 0.4) is 0 Å². The predicted molar refractivity (Wildman–Crippen MR) is 127 cm³/mol. The van der Waals surface area contributed by atoms with Crippen LogP contribution in [-0.4, -0.2) is 55.4 Å². The Hall–Kier alpha value is -3.06. The van der Waals surface area contributed by atoms with Crippen LogP contribution in [0.1, 0.15) is 17.8 Å². The topological polar surface area (TPSA) is 66.7 Å². The zero-order valence-corrected chi connectivity index (χ0v) is 18.5. The molecule has 0 bridgehead atoms. The van der Waals surface area contributed by atoms with Gasteiger partial charge >= 0.3 is 0 Å². The van der Waals surface area contributed by atoms with E-state index in [0.29, 0.717) is 0 Å². The molecule has 1 fully saturated rings. The maximum atomic E-state index is 5.43. The van der Waals surface area contributed by atoms with Crippen LogP contribution in [0.4, 0.5) is 5.69 Å². The van der Waals surface area contributed by atoms with Gasteiger partial charge in [0.25, 0.3) is 0 Å². The SMILES string of the molecule is CN=C(NCCCn1c(C)nc2ccccc21)NCc1ccc(N2CCOCC2)cc1. The summed E-state index contributed by atoms with van der Waals surface area (Å²) in [4.78, 5) is 11.4. The van der Waals surface area contributed by atoms with Crippen molar-refractivity contribution in [2.24, 2.45) is 4.99 Å². The summed E-state index contributed by atoms with van der Waals surface area (Å²) in [5.41, 5.74) is 4.76. The predicted octanol–water partition coefficient (Wildman–Crippen LogP) is 2.94. The van der Waals surface area contributed by atoms with Crippen molar-refractivity contribution < 1.29 is 4.74 Å². The van der Waals surface area contributed by atoms with Crippen molar-refractivity contribution in [2.75, 3.05) is 44.8 Å². The normalized spacial score (nSPS) is 14.8. The molecule has 7 nitrogen and oxygen atoms in total. The van der Waals surface area contributed by atoms with Crippen LogP contribution in [0, 0.1) is 6.92 Å². The molecule has 1 saturated heterocycles. The molecule has 1 aliphatic heterocycles. The Morgan fingerprint density at radius 3 is 2.61 bits per heavy atom. The molecule has 2 heterocycles. The minimum absolute atomic E-state index is 0.744. The Kier molecular flexibility index (Phi) is 7.04. The van der Waals surface area contributed by atoms with Gasteiger partial charge in [0.2, 0.25) is 0 Å². The monoisotopic (exact) mass is 420 g/mol. The van der Waals surface area contributed by atoms with Gasteiger partial charge in [-0.25, -0.2) is 4.98 Å². The molecule has 3 aromatic rings. The summed E-state index contributed by atoms with van der Waals surface area (Å²) in [7, 11) is 1.81. The molecule has 0 atom stereocenters. The number of fused-ring (bicyclic) bond motifs is 1. The Morgan fingerprint density at radius 2 is 1.84 bits per heavy atom. The highest BCUT2D eigenvalue weighted by molar-refractivity contribution is 5.79. The minimum atomic E-state index is 0.744. The Bertz CT molecular complexity index is 1000. The molecule has 0 spiro atoms. The molecule has 4 rings (SSSR count). The molecule has 1 aromatic heterocycles. The molecule has 0 saturated carbocycles. The molecule has 0 unspecified atom stereocenters. The van der Waals surface area contributed by atoms with E-state index < -0.39 is 0 Å². The van der Waals surface area contributed by atoms with Gasteiger partial charge in [0.15, 0.2) is 5.96 Å². The number of hydrogen-bond donors (Lipinski definition) is 2. The first-order chi connectivity index (χ1) is 15.2. The highest BCUT2D eigenvalue weighted by Gasteiger charge is 2.11. The van der Waals surface area contributed by atoms with Gasteiger partial charge in [0, 0.05) is 45.5 Å². The van der Waals surface area contributed by atoms with Gasteiger partial charge in [-0.15, -0.1) is 0 Å². The van der Waals surface area contributed by atoms with Crippen LogP contribution in [0.25, 0.3) is 11.0 Å². The number of benzene rings is 2. The number of imidazole rings is 1. The van der Waals surface area contributed by atoms with Gasteiger partial charge < -0.3 is 24.8 Å². The minimum Gasteiger partial charge on any atom is -0.378 e. The van der Waals surface area contributed by atoms with E-state index >= 15 is 0 Å². The number of aliphatic imine (C=N–C) groups is 1. The largest absolute Gasteiger partial charge is 0.378 e. The average Bonchev–Trinajstić information content (AvgIpc) is 3.14. The molecule has 164 valence electrons. The van der Waals surface area contributed by atoms with Gasteiger partial charge in [0.05, 0.1) is 24.2 Å². The Balaban J connectivity index is 1.22. The van der Waals surface area contributed by atoms with E-state index in [1.165, 1.54) is 16.8 Å². The molecule has 31 heavy (non-hydrogen) atoms. The number of rotatable bonds is 7. The van der Waals surface area contributed by atoms with Crippen LogP contribution < -0.4 is 15.5 Å². The molecule has 0 radical (unpaired) electrons. The lowest BCUT2D eigenvalue weighted by atomic mass is 10.2. The summed E-state index contributed by atoms with van der Waals surface area (Å²) in [5, 5.41) is 6.82. The molecule has 2 aromatic carbocycles. The summed E-state index contributed by atoms with van der Waals surface area (Å²) in [5.74, 6) is 1.88. The molecule has 0 aliphatic carbocycles. The van der Waals surface area contributed by atoms with E-state index in [4.69, 9.17) is 4.74 Å². The van der Waals surface area contributed by atoms with E-state index in [0.717, 1.165) is 69.7 Å². The van der Waals surface area contributed by atoms with Gasteiger partial charge in [-0.1, -0.05) is 24.3 Å². The van der Waals surface area contributed by atoms with Crippen molar-refractivity contribution in [2.45, 2.75) is 26.4 Å². The van der Waals surface area contributed by atoms with Gasteiger partial charge in [-0.3, -0.25) is 4.99 Å². The van der Waals surface area contributed by atoms with E-state index in [9.17, 15) is 0 Å². The maximum absolute atomic E-state index is 5.43. The quantitative estimate of drug-likeness (QED) is 0.350. The molecular formula is C24H32N6O. The van der Waals surface area contributed by atoms with Gasteiger partial charge in [-0.2, -0.15) is 0 Å². The van der Waals surface area contributed by atoms with Crippen LogP contribution in [0.15, 0.2) is 53.5 Å². The summed E-state index contributed by atoms with van der Waals surface area (Å²) >= 11 is 0. The molecule has 2 N–H and O–H groups in total.